The molecule has 2 nitrogen and oxygen atoms in total. The van der Waals surface area contributed by atoms with Gasteiger partial charge >= 0.3 is 0 Å². The highest BCUT2D eigenvalue weighted by Crippen LogP contribution is 2.26. The summed E-state index contributed by atoms with van der Waals surface area (Å²) < 4.78 is 0. The van der Waals surface area contributed by atoms with Gasteiger partial charge in [-0.1, -0.05) is 32.0 Å². The Morgan fingerprint density at radius 3 is 2.78 bits per heavy atom. The van der Waals surface area contributed by atoms with E-state index in [-0.39, 0.29) is 0 Å². The van der Waals surface area contributed by atoms with Crippen LogP contribution < -0.4 is 0 Å². The zero-order chi connectivity index (χ0) is 13.0. The molecule has 0 spiro atoms. The molecule has 0 amide bonds. The lowest BCUT2D eigenvalue weighted by molar-refractivity contribution is 0.205. The molecule has 1 atom stereocenters. The molecule has 2 aromatic rings. The van der Waals surface area contributed by atoms with Crippen molar-refractivity contribution in [1.29, 1.82) is 0 Å². The van der Waals surface area contributed by atoms with E-state index in [4.69, 9.17) is 0 Å². The molecule has 0 aliphatic rings. The first-order chi connectivity index (χ1) is 8.68. The SMILES string of the molecule is CC(C)CSCC(O)c1cccc2ncccc12. The fourth-order valence-electron chi connectivity index (χ4n) is 1.92. The molecule has 1 aromatic heterocycles. The highest BCUT2D eigenvalue weighted by Gasteiger charge is 2.11. The van der Waals surface area contributed by atoms with Crippen LogP contribution in [0.2, 0.25) is 0 Å². The topological polar surface area (TPSA) is 33.1 Å². The van der Waals surface area contributed by atoms with Crippen LogP contribution in [0.15, 0.2) is 36.5 Å². The minimum atomic E-state index is -0.415. The van der Waals surface area contributed by atoms with Gasteiger partial charge in [0.05, 0.1) is 11.6 Å². The first-order valence-electron chi connectivity index (χ1n) is 6.28. The van der Waals surface area contributed by atoms with E-state index in [1.807, 2.05) is 30.3 Å². The van der Waals surface area contributed by atoms with Gasteiger partial charge in [0.25, 0.3) is 0 Å². The first kappa shape index (κ1) is 13.4. The Labute approximate surface area is 112 Å². The average molecular weight is 261 g/mol. The maximum Gasteiger partial charge on any atom is 0.0886 e. The molecule has 0 aliphatic heterocycles. The molecule has 0 saturated carbocycles. The van der Waals surface area contributed by atoms with E-state index >= 15 is 0 Å². The average Bonchev–Trinajstić information content (AvgIpc) is 2.37. The van der Waals surface area contributed by atoms with Gasteiger partial charge in [-0.15, -0.1) is 0 Å². The Bertz CT molecular complexity index is 507. The second kappa shape index (κ2) is 6.21. The Balaban J connectivity index is 2.15. The minimum absolute atomic E-state index is 0.415. The molecule has 3 heteroatoms. The second-order valence-electron chi connectivity index (χ2n) is 4.86. The molecule has 96 valence electrons. The van der Waals surface area contributed by atoms with Gasteiger partial charge in [-0.25, -0.2) is 0 Å². The van der Waals surface area contributed by atoms with Crippen molar-refractivity contribution >= 4 is 22.7 Å². The number of aliphatic hydroxyl groups excluding tert-OH is 1. The van der Waals surface area contributed by atoms with Gasteiger partial charge in [0.2, 0.25) is 0 Å². The van der Waals surface area contributed by atoms with Crippen molar-refractivity contribution in [2.24, 2.45) is 5.92 Å². The van der Waals surface area contributed by atoms with Crippen molar-refractivity contribution in [3.05, 3.63) is 42.1 Å². The van der Waals surface area contributed by atoms with Gasteiger partial charge in [-0.3, -0.25) is 4.98 Å². The summed E-state index contributed by atoms with van der Waals surface area (Å²) in [6, 6.07) is 9.87. The Morgan fingerprint density at radius 2 is 2.00 bits per heavy atom. The summed E-state index contributed by atoms with van der Waals surface area (Å²) in [7, 11) is 0. The highest BCUT2D eigenvalue weighted by molar-refractivity contribution is 7.99. The molecule has 0 aliphatic carbocycles. The van der Waals surface area contributed by atoms with Crippen LogP contribution in [0.3, 0.4) is 0 Å². The van der Waals surface area contributed by atoms with Gasteiger partial charge < -0.3 is 5.11 Å². The Morgan fingerprint density at radius 1 is 1.17 bits per heavy atom. The molecule has 2 rings (SSSR count). The van der Waals surface area contributed by atoms with Crippen LogP contribution >= 0.6 is 11.8 Å². The van der Waals surface area contributed by atoms with Crippen molar-refractivity contribution in [3.63, 3.8) is 0 Å². The van der Waals surface area contributed by atoms with Crippen molar-refractivity contribution in [3.8, 4) is 0 Å². The lowest BCUT2D eigenvalue weighted by Crippen LogP contribution is -2.03. The number of rotatable bonds is 5. The van der Waals surface area contributed by atoms with Crippen LogP contribution in [0.5, 0.6) is 0 Å². The third-order valence-electron chi connectivity index (χ3n) is 2.77. The molecule has 1 aromatic carbocycles. The summed E-state index contributed by atoms with van der Waals surface area (Å²) >= 11 is 1.80. The van der Waals surface area contributed by atoms with Gasteiger partial charge in [-0.2, -0.15) is 11.8 Å². The molecule has 1 heterocycles. The van der Waals surface area contributed by atoms with Crippen LogP contribution in [0.4, 0.5) is 0 Å². The lowest BCUT2D eigenvalue weighted by atomic mass is 10.0. The first-order valence-corrected chi connectivity index (χ1v) is 7.43. The Kier molecular flexibility index (Phi) is 4.61. The number of nitrogens with zero attached hydrogens (tertiary/aromatic N) is 1. The molecular weight excluding hydrogens is 242 g/mol. The maximum absolute atomic E-state index is 10.3. The predicted octanol–water partition coefficient (Wildman–Crippen LogP) is 3.66. The van der Waals surface area contributed by atoms with E-state index in [1.165, 1.54) is 0 Å². The molecule has 0 fully saturated rings. The number of benzene rings is 1. The summed E-state index contributed by atoms with van der Waals surface area (Å²) in [5.74, 6) is 2.49. The van der Waals surface area contributed by atoms with Crippen molar-refractivity contribution in [2.45, 2.75) is 20.0 Å². The fraction of sp³-hybridized carbons (Fsp3) is 0.400. The summed E-state index contributed by atoms with van der Waals surface area (Å²) in [6.45, 7) is 4.39. The third-order valence-corrected chi connectivity index (χ3v) is 4.22. The maximum atomic E-state index is 10.3. The van der Waals surface area contributed by atoms with Crippen LogP contribution in [0, 0.1) is 5.92 Å². The van der Waals surface area contributed by atoms with Crippen molar-refractivity contribution in [1.82, 2.24) is 4.98 Å². The van der Waals surface area contributed by atoms with Crippen molar-refractivity contribution < 1.29 is 5.11 Å². The summed E-state index contributed by atoms with van der Waals surface area (Å²) in [5.41, 5.74) is 1.93. The monoisotopic (exact) mass is 261 g/mol. The predicted molar refractivity (Wildman–Crippen MR) is 78.9 cm³/mol. The zero-order valence-electron chi connectivity index (χ0n) is 10.8. The largest absolute Gasteiger partial charge is 0.388 e. The number of aromatic nitrogens is 1. The molecule has 0 radical (unpaired) electrons. The number of aliphatic hydroxyl groups is 1. The number of pyridine rings is 1. The van der Waals surface area contributed by atoms with Gasteiger partial charge in [0, 0.05) is 17.3 Å². The number of hydrogen-bond acceptors (Lipinski definition) is 3. The van der Waals surface area contributed by atoms with Crippen molar-refractivity contribution in [2.75, 3.05) is 11.5 Å². The van der Waals surface area contributed by atoms with Crippen LogP contribution in [-0.4, -0.2) is 21.6 Å². The van der Waals surface area contributed by atoms with E-state index in [0.717, 1.165) is 28.0 Å². The summed E-state index contributed by atoms with van der Waals surface area (Å²) in [6.07, 6.45) is 1.37. The van der Waals surface area contributed by atoms with E-state index in [2.05, 4.69) is 18.8 Å². The van der Waals surface area contributed by atoms with Crippen LogP contribution in [0.25, 0.3) is 10.9 Å². The van der Waals surface area contributed by atoms with Gasteiger partial charge in [0.15, 0.2) is 0 Å². The minimum Gasteiger partial charge on any atom is -0.388 e. The fourth-order valence-corrected chi connectivity index (χ4v) is 2.93. The smallest absolute Gasteiger partial charge is 0.0886 e. The molecule has 1 unspecified atom stereocenters. The zero-order valence-corrected chi connectivity index (χ0v) is 11.7. The van der Waals surface area contributed by atoms with Crippen LogP contribution in [-0.2, 0) is 0 Å². The number of fused-ring (bicyclic) bond motifs is 1. The number of hydrogen-bond donors (Lipinski definition) is 1. The molecule has 0 bridgehead atoms. The van der Waals surface area contributed by atoms with E-state index < -0.39 is 6.10 Å². The quantitative estimate of drug-likeness (QED) is 0.891. The normalized spacial score (nSPS) is 13.1. The molecule has 1 N–H and O–H groups in total. The standard InChI is InChI=1S/C15H19NOS/c1-11(2)9-18-10-15(17)13-5-3-7-14-12(13)6-4-8-16-14/h3-8,11,15,17H,9-10H2,1-2H3. The van der Waals surface area contributed by atoms with Gasteiger partial charge in [-0.05, 0) is 29.4 Å². The summed E-state index contributed by atoms with van der Waals surface area (Å²) in [5, 5.41) is 11.3. The molecule has 0 saturated heterocycles. The summed E-state index contributed by atoms with van der Waals surface area (Å²) in [4.78, 5) is 4.31. The van der Waals surface area contributed by atoms with E-state index in [1.54, 1.807) is 18.0 Å². The Hall–Kier alpha value is -1.06. The molecule has 18 heavy (non-hydrogen) atoms. The highest BCUT2D eigenvalue weighted by atomic mass is 32.2. The third kappa shape index (κ3) is 3.24. The molecular formula is C15H19NOS. The van der Waals surface area contributed by atoms with Crippen LogP contribution in [0.1, 0.15) is 25.5 Å². The van der Waals surface area contributed by atoms with Gasteiger partial charge in [0.1, 0.15) is 0 Å². The second-order valence-corrected chi connectivity index (χ2v) is 5.94. The number of thioether (sulfide) groups is 1. The lowest BCUT2D eigenvalue weighted by Gasteiger charge is -2.13. The van der Waals surface area contributed by atoms with E-state index in [9.17, 15) is 5.11 Å². The van der Waals surface area contributed by atoms with E-state index in [0.29, 0.717) is 5.92 Å².